The van der Waals surface area contributed by atoms with Gasteiger partial charge in [-0.05, 0) is 35.4 Å². The molecule has 0 atom stereocenters. The fourth-order valence-electron chi connectivity index (χ4n) is 2.23. The highest BCUT2D eigenvalue weighted by Crippen LogP contribution is 2.29. The summed E-state index contributed by atoms with van der Waals surface area (Å²) in [6, 6.07) is 8.21. The van der Waals surface area contributed by atoms with Crippen LogP contribution in [0.5, 0.6) is 0 Å². The highest BCUT2D eigenvalue weighted by Gasteiger charge is 2.15. The van der Waals surface area contributed by atoms with E-state index in [2.05, 4.69) is 50.0 Å². The summed E-state index contributed by atoms with van der Waals surface area (Å²) in [5.74, 6) is 0.279. The zero-order valence-electron chi connectivity index (χ0n) is 11.0. The van der Waals surface area contributed by atoms with E-state index in [9.17, 15) is 0 Å². The van der Waals surface area contributed by atoms with Crippen molar-refractivity contribution in [1.82, 2.24) is 20.6 Å². The number of H-pyrrole nitrogens is 1. The second-order valence-electron chi connectivity index (χ2n) is 4.56. The van der Waals surface area contributed by atoms with Gasteiger partial charge in [-0.1, -0.05) is 0 Å². The second kappa shape index (κ2) is 5.01. The summed E-state index contributed by atoms with van der Waals surface area (Å²) in [7, 11) is 2.09. The zero-order chi connectivity index (χ0) is 13.9. The number of aromatic amines is 1. The van der Waals surface area contributed by atoms with Crippen LogP contribution in [0.3, 0.4) is 0 Å². The van der Waals surface area contributed by atoms with Gasteiger partial charge in [-0.2, -0.15) is 10.5 Å². The Hall–Kier alpha value is -2.88. The van der Waals surface area contributed by atoms with Gasteiger partial charge in [-0.3, -0.25) is 0 Å². The molecule has 0 saturated heterocycles. The fraction of sp³-hybridized carbons (Fsp3) is 0.231. The van der Waals surface area contributed by atoms with E-state index in [1.54, 1.807) is 6.20 Å². The summed E-state index contributed by atoms with van der Waals surface area (Å²) in [5, 5.41) is 25.5. The molecule has 2 aromatic rings. The van der Waals surface area contributed by atoms with Gasteiger partial charge in [-0.15, -0.1) is 10.2 Å². The van der Waals surface area contributed by atoms with Crippen molar-refractivity contribution >= 4 is 16.9 Å². The molecule has 0 amide bonds. The van der Waals surface area contributed by atoms with E-state index in [0.717, 1.165) is 18.7 Å². The molecule has 1 aromatic heterocycles. The van der Waals surface area contributed by atoms with Crippen molar-refractivity contribution in [3.63, 3.8) is 0 Å². The number of rotatable bonds is 3. The molecule has 0 fully saturated rings. The van der Waals surface area contributed by atoms with Crippen LogP contribution in [0.4, 0.5) is 11.4 Å². The SMILES string of the molecule is CN1CCc2cc(NC=C(C#N)c3nn[nH]n3)ccc21. The standard InChI is InChI=1S/C13H13N7/c1-20-5-4-9-6-11(2-3-12(9)20)15-8-10(7-14)13-16-18-19-17-13/h2-3,6,8,15H,4-5H2,1H3,(H,16,17,18,19). The lowest BCUT2D eigenvalue weighted by molar-refractivity contribution is 0.881. The Bertz CT molecular complexity index is 681. The third-order valence-corrected chi connectivity index (χ3v) is 3.30. The second-order valence-corrected chi connectivity index (χ2v) is 4.56. The van der Waals surface area contributed by atoms with Crippen LogP contribution in [-0.2, 0) is 6.42 Å². The number of nitriles is 1. The summed E-state index contributed by atoms with van der Waals surface area (Å²) in [4.78, 5) is 2.23. The Morgan fingerprint density at radius 2 is 2.45 bits per heavy atom. The summed E-state index contributed by atoms with van der Waals surface area (Å²) in [5.41, 5.74) is 3.84. The third-order valence-electron chi connectivity index (χ3n) is 3.30. The summed E-state index contributed by atoms with van der Waals surface area (Å²) in [6.07, 6.45) is 2.63. The average molecular weight is 267 g/mol. The van der Waals surface area contributed by atoms with Crippen molar-refractivity contribution in [3.05, 3.63) is 35.8 Å². The minimum Gasteiger partial charge on any atom is -0.374 e. The minimum atomic E-state index is 0.279. The predicted octanol–water partition coefficient (Wildman–Crippen LogP) is 1.17. The molecule has 1 aliphatic rings. The number of anilines is 2. The number of nitrogens with one attached hydrogen (secondary N) is 2. The molecule has 7 heteroatoms. The lowest BCUT2D eigenvalue weighted by Crippen LogP contribution is -2.12. The molecule has 0 bridgehead atoms. The number of allylic oxidation sites excluding steroid dienone is 1. The van der Waals surface area contributed by atoms with Gasteiger partial charge < -0.3 is 10.2 Å². The number of benzene rings is 1. The molecule has 0 unspecified atom stereocenters. The first-order valence-electron chi connectivity index (χ1n) is 6.22. The van der Waals surface area contributed by atoms with E-state index in [1.807, 2.05) is 12.1 Å². The number of aromatic nitrogens is 4. The van der Waals surface area contributed by atoms with E-state index in [0.29, 0.717) is 5.57 Å². The predicted molar refractivity (Wildman–Crippen MR) is 74.8 cm³/mol. The van der Waals surface area contributed by atoms with Gasteiger partial charge >= 0.3 is 0 Å². The van der Waals surface area contributed by atoms with Crippen LogP contribution in [0, 0.1) is 11.3 Å². The van der Waals surface area contributed by atoms with Gasteiger partial charge in [0.2, 0.25) is 5.82 Å². The lowest BCUT2D eigenvalue weighted by atomic mass is 10.1. The molecule has 1 aromatic carbocycles. The summed E-state index contributed by atoms with van der Waals surface area (Å²) >= 11 is 0. The minimum absolute atomic E-state index is 0.279. The number of likely N-dealkylation sites (N-methyl/N-ethyl adjacent to an activating group) is 1. The molecule has 3 rings (SSSR count). The fourth-order valence-corrected chi connectivity index (χ4v) is 2.23. The Morgan fingerprint density at radius 3 is 3.20 bits per heavy atom. The Morgan fingerprint density at radius 1 is 1.55 bits per heavy atom. The Kier molecular flexibility index (Phi) is 3.05. The van der Waals surface area contributed by atoms with Crippen LogP contribution in [0.1, 0.15) is 11.4 Å². The van der Waals surface area contributed by atoms with Gasteiger partial charge in [-0.25, -0.2) is 0 Å². The van der Waals surface area contributed by atoms with Crippen LogP contribution >= 0.6 is 0 Å². The van der Waals surface area contributed by atoms with Crippen LogP contribution in [-0.4, -0.2) is 34.2 Å². The maximum atomic E-state index is 9.08. The largest absolute Gasteiger partial charge is 0.374 e. The van der Waals surface area contributed by atoms with Crippen molar-refractivity contribution in [2.24, 2.45) is 0 Å². The third kappa shape index (κ3) is 2.19. The van der Waals surface area contributed by atoms with Gasteiger partial charge in [0.25, 0.3) is 0 Å². The topological polar surface area (TPSA) is 93.5 Å². The first kappa shape index (κ1) is 12.2. The molecule has 0 radical (unpaired) electrons. The normalized spacial score (nSPS) is 14.0. The molecular formula is C13H13N7. The van der Waals surface area contributed by atoms with E-state index < -0.39 is 0 Å². The van der Waals surface area contributed by atoms with E-state index in [1.165, 1.54) is 11.3 Å². The average Bonchev–Trinajstić information content (AvgIpc) is 3.10. The summed E-state index contributed by atoms with van der Waals surface area (Å²) in [6.45, 7) is 1.04. The van der Waals surface area contributed by atoms with Gasteiger partial charge in [0, 0.05) is 31.2 Å². The molecule has 0 aliphatic carbocycles. The first-order valence-corrected chi connectivity index (χ1v) is 6.22. The number of nitrogens with zero attached hydrogens (tertiary/aromatic N) is 5. The molecule has 100 valence electrons. The van der Waals surface area contributed by atoms with E-state index in [4.69, 9.17) is 5.26 Å². The van der Waals surface area contributed by atoms with Gasteiger partial charge in [0.1, 0.15) is 11.6 Å². The van der Waals surface area contributed by atoms with Crippen LogP contribution in [0.25, 0.3) is 5.57 Å². The highest BCUT2D eigenvalue weighted by atomic mass is 15.5. The van der Waals surface area contributed by atoms with Crippen LogP contribution < -0.4 is 10.2 Å². The monoisotopic (exact) mass is 267 g/mol. The number of tetrazole rings is 1. The molecular weight excluding hydrogens is 254 g/mol. The maximum absolute atomic E-state index is 9.08. The molecule has 20 heavy (non-hydrogen) atoms. The first-order chi connectivity index (χ1) is 9.78. The Labute approximate surface area is 115 Å². The molecule has 0 spiro atoms. The smallest absolute Gasteiger partial charge is 0.216 e. The summed E-state index contributed by atoms with van der Waals surface area (Å²) < 4.78 is 0. The Balaban J connectivity index is 1.80. The van der Waals surface area contributed by atoms with Crippen molar-refractivity contribution in [2.75, 3.05) is 23.8 Å². The molecule has 1 aliphatic heterocycles. The van der Waals surface area contributed by atoms with Crippen molar-refractivity contribution in [3.8, 4) is 6.07 Å². The molecule has 2 heterocycles. The lowest BCUT2D eigenvalue weighted by Gasteiger charge is -2.12. The molecule has 7 nitrogen and oxygen atoms in total. The number of hydrogen-bond acceptors (Lipinski definition) is 6. The van der Waals surface area contributed by atoms with Crippen LogP contribution in [0.15, 0.2) is 24.4 Å². The zero-order valence-corrected chi connectivity index (χ0v) is 11.0. The van der Waals surface area contributed by atoms with E-state index >= 15 is 0 Å². The maximum Gasteiger partial charge on any atom is 0.216 e. The highest BCUT2D eigenvalue weighted by molar-refractivity contribution is 5.74. The number of hydrogen-bond donors (Lipinski definition) is 2. The van der Waals surface area contributed by atoms with Crippen LogP contribution in [0.2, 0.25) is 0 Å². The number of fused-ring (bicyclic) bond motifs is 1. The van der Waals surface area contributed by atoms with Gasteiger partial charge in [0.15, 0.2) is 0 Å². The van der Waals surface area contributed by atoms with E-state index in [-0.39, 0.29) is 5.82 Å². The van der Waals surface area contributed by atoms with Crippen molar-refractivity contribution in [1.29, 1.82) is 5.26 Å². The quantitative estimate of drug-likeness (QED) is 0.811. The van der Waals surface area contributed by atoms with Crippen molar-refractivity contribution in [2.45, 2.75) is 6.42 Å². The molecule has 2 N–H and O–H groups in total. The molecule has 0 saturated carbocycles. The van der Waals surface area contributed by atoms with Gasteiger partial charge in [0.05, 0.1) is 0 Å². The van der Waals surface area contributed by atoms with Crippen molar-refractivity contribution < 1.29 is 0 Å².